The van der Waals surface area contributed by atoms with Gasteiger partial charge in [0.15, 0.2) is 11.6 Å². The smallest absolute Gasteiger partial charge is 0.323 e. The Balaban J connectivity index is 1.08. The SMILES string of the molecule is CN1CCN(c2ccc3cc(NC(=O)Nc4ccc(Oc5ccnc(-c6cnn(C)c6)c5)c(F)c4)ccc3n2)CC1. The summed E-state index contributed by atoms with van der Waals surface area (Å²) in [6.07, 6.45) is 5.11. The fraction of sp³-hybridized carbons (Fsp3) is 0.200. The molecule has 1 aliphatic heterocycles. The van der Waals surface area contributed by atoms with Gasteiger partial charge in [-0.2, -0.15) is 5.10 Å². The van der Waals surface area contributed by atoms with Crippen molar-refractivity contribution in [2.24, 2.45) is 7.05 Å². The molecule has 0 spiro atoms. The van der Waals surface area contributed by atoms with Gasteiger partial charge >= 0.3 is 6.03 Å². The Morgan fingerprint density at radius 2 is 1.71 bits per heavy atom. The van der Waals surface area contributed by atoms with E-state index in [0.717, 1.165) is 48.5 Å². The van der Waals surface area contributed by atoms with Crippen LogP contribution in [0.25, 0.3) is 22.2 Å². The highest BCUT2D eigenvalue weighted by atomic mass is 19.1. The number of rotatable bonds is 6. The average molecular weight is 553 g/mol. The molecule has 10 nitrogen and oxygen atoms in total. The number of carbonyl (C=O) groups is 1. The van der Waals surface area contributed by atoms with Crippen LogP contribution in [0.15, 0.2) is 79.3 Å². The number of carbonyl (C=O) groups excluding carboxylic acids is 1. The number of anilines is 3. The second kappa shape index (κ2) is 11.2. The van der Waals surface area contributed by atoms with E-state index in [1.54, 1.807) is 41.3 Å². The van der Waals surface area contributed by atoms with Crippen LogP contribution in [0.3, 0.4) is 0 Å². The van der Waals surface area contributed by atoms with Crippen LogP contribution in [-0.4, -0.2) is 63.9 Å². The van der Waals surface area contributed by atoms with Crippen molar-refractivity contribution < 1.29 is 13.9 Å². The number of nitrogens with zero attached hydrogens (tertiary/aromatic N) is 6. The summed E-state index contributed by atoms with van der Waals surface area (Å²) in [5.41, 5.74) is 3.23. The van der Waals surface area contributed by atoms with E-state index in [-0.39, 0.29) is 11.4 Å². The number of benzene rings is 2. The maximum atomic E-state index is 14.9. The number of piperazine rings is 1. The van der Waals surface area contributed by atoms with Crippen molar-refractivity contribution in [3.63, 3.8) is 0 Å². The van der Waals surface area contributed by atoms with E-state index in [1.807, 2.05) is 37.5 Å². The minimum Gasteiger partial charge on any atom is -0.454 e. The fourth-order valence-electron chi connectivity index (χ4n) is 4.67. The molecule has 2 N–H and O–H groups in total. The maximum absolute atomic E-state index is 14.9. The molecule has 6 rings (SSSR count). The maximum Gasteiger partial charge on any atom is 0.323 e. The summed E-state index contributed by atoms with van der Waals surface area (Å²) >= 11 is 0. The van der Waals surface area contributed by atoms with Crippen LogP contribution in [0.5, 0.6) is 11.5 Å². The van der Waals surface area contributed by atoms with Crippen molar-refractivity contribution in [2.45, 2.75) is 0 Å². The Morgan fingerprint density at radius 1 is 0.927 bits per heavy atom. The molecule has 0 bridgehead atoms. The van der Waals surface area contributed by atoms with Gasteiger partial charge in [-0.05, 0) is 55.6 Å². The normalized spacial score (nSPS) is 13.8. The van der Waals surface area contributed by atoms with Crippen LogP contribution < -0.4 is 20.3 Å². The lowest BCUT2D eigenvalue weighted by atomic mass is 10.2. The number of fused-ring (bicyclic) bond motifs is 1. The van der Waals surface area contributed by atoms with E-state index in [9.17, 15) is 9.18 Å². The molecule has 0 radical (unpaired) electrons. The second-order valence-corrected chi connectivity index (χ2v) is 9.97. The Kier molecular flexibility index (Phi) is 7.17. The predicted octanol–water partition coefficient (Wildman–Crippen LogP) is 5.36. The number of aryl methyl sites for hydroxylation is 1. The van der Waals surface area contributed by atoms with Crippen LogP contribution in [0.2, 0.25) is 0 Å². The molecular formula is C30H29FN8O2. The summed E-state index contributed by atoms with van der Waals surface area (Å²) in [7, 11) is 3.94. The third kappa shape index (κ3) is 6.10. The van der Waals surface area contributed by atoms with Gasteiger partial charge in [0.1, 0.15) is 11.6 Å². The molecule has 2 amide bonds. The summed E-state index contributed by atoms with van der Waals surface area (Å²) in [6.45, 7) is 3.91. The van der Waals surface area contributed by atoms with E-state index in [4.69, 9.17) is 9.72 Å². The van der Waals surface area contributed by atoms with Gasteiger partial charge in [0.25, 0.3) is 0 Å². The van der Waals surface area contributed by atoms with Gasteiger partial charge in [0, 0.05) is 80.1 Å². The van der Waals surface area contributed by atoms with Gasteiger partial charge in [0.05, 0.1) is 17.4 Å². The zero-order valence-corrected chi connectivity index (χ0v) is 22.7. The summed E-state index contributed by atoms with van der Waals surface area (Å²) in [5.74, 6) is 0.793. The Labute approximate surface area is 236 Å². The number of hydrogen-bond acceptors (Lipinski definition) is 7. The standard InChI is InChI=1S/C30H29FN8O2/c1-37-11-13-39(14-12-37)29-8-3-20-15-22(4-6-26(20)36-29)34-30(40)35-23-5-7-28(25(31)16-23)41-24-9-10-32-27(17-24)21-18-33-38(2)19-21/h3-10,15-19H,11-14H2,1-2H3,(H2,34,35,40). The zero-order valence-electron chi connectivity index (χ0n) is 22.7. The lowest BCUT2D eigenvalue weighted by Gasteiger charge is -2.33. The molecule has 41 heavy (non-hydrogen) atoms. The zero-order chi connectivity index (χ0) is 28.3. The number of hydrogen-bond donors (Lipinski definition) is 2. The number of ether oxygens (including phenoxy) is 1. The lowest BCUT2D eigenvalue weighted by Crippen LogP contribution is -2.44. The van der Waals surface area contributed by atoms with Gasteiger partial charge in [-0.25, -0.2) is 14.2 Å². The second-order valence-electron chi connectivity index (χ2n) is 9.97. The van der Waals surface area contributed by atoms with E-state index in [2.05, 4.69) is 37.6 Å². The number of nitrogens with one attached hydrogen (secondary N) is 2. The summed E-state index contributed by atoms with van der Waals surface area (Å²) < 4.78 is 22.3. The molecule has 0 unspecified atom stereocenters. The highest BCUT2D eigenvalue weighted by molar-refractivity contribution is 6.01. The molecule has 0 aliphatic carbocycles. The van der Waals surface area contributed by atoms with Crippen LogP contribution in [-0.2, 0) is 7.05 Å². The van der Waals surface area contributed by atoms with Gasteiger partial charge in [-0.1, -0.05) is 0 Å². The topological polar surface area (TPSA) is 100 Å². The summed E-state index contributed by atoms with van der Waals surface area (Å²) in [6, 6.07) is 16.7. The van der Waals surface area contributed by atoms with Crippen molar-refractivity contribution in [1.82, 2.24) is 24.6 Å². The largest absolute Gasteiger partial charge is 0.454 e. The number of pyridine rings is 2. The van der Waals surface area contributed by atoms with Crippen molar-refractivity contribution in [1.29, 1.82) is 0 Å². The molecular weight excluding hydrogens is 523 g/mol. The van der Waals surface area contributed by atoms with Gasteiger partial charge in [0.2, 0.25) is 0 Å². The Morgan fingerprint density at radius 3 is 2.46 bits per heavy atom. The minimum absolute atomic E-state index is 0.0252. The third-order valence-corrected chi connectivity index (χ3v) is 6.91. The van der Waals surface area contributed by atoms with Crippen molar-refractivity contribution in [2.75, 3.05) is 48.8 Å². The van der Waals surface area contributed by atoms with Gasteiger partial charge in [-0.3, -0.25) is 9.67 Å². The molecule has 208 valence electrons. The molecule has 0 atom stereocenters. The summed E-state index contributed by atoms with van der Waals surface area (Å²) in [5, 5.41) is 10.5. The molecule has 2 aromatic carbocycles. The number of urea groups is 1. The van der Waals surface area contributed by atoms with Gasteiger partial charge in [-0.15, -0.1) is 0 Å². The van der Waals surface area contributed by atoms with E-state index in [1.165, 1.54) is 12.1 Å². The number of amides is 2. The van der Waals surface area contributed by atoms with E-state index < -0.39 is 11.8 Å². The first-order chi connectivity index (χ1) is 19.9. The Bertz CT molecular complexity index is 1710. The van der Waals surface area contributed by atoms with Crippen LogP contribution >= 0.6 is 0 Å². The minimum atomic E-state index is -0.615. The highest BCUT2D eigenvalue weighted by Gasteiger charge is 2.16. The van der Waals surface area contributed by atoms with E-state index in [0.29, 0.717) is 17.1 Å². The first kappa shape index (κ1) is 26.2. The molecule has 1 saturated heterocycles. The molecule has 5 aromatic rings. The quantitative estimate of drug-likeness (QED) is 0.293. The Hall–Kier alpha value is -5.03. The van der Waals surface area contributed by atoms with Crippen molar-refractivity contribution >= 4 is 34.1 Å². The lowest BCUT2D eigenvalue weighted by molar-refractivity contribution is 0.262. The van der Waals surface area contributed by atoms with Crippen LogP contribution in [0, 0.1) is 5.82 Å². The molecule has 3 aromatic heterocycles. The van der Waals surface area contributed by atoms with Crippen LogP contribution in [0.1, 0.15) is 0 Å². The molecule has 1 aliphatic rings. The first-order valence-corrected chi connectivity index (χ1v) is 13.2. The molecule has 0 saturated carbocycles. The monoisotopic (exact) mass is 552 g/mol. The summed E-state index contributed by atoms with van der Waals surface area (Å²) in [4.78, 5) is 26.4. The average Bonchev–Trinajstić information content (AvgIpc) is 3.41. The highest BCUT2D eigenvalue weighted by Crippen LogP contribution is 2.29. The predicted molar refractivity (Wildman–Crippen MR) is 157 cm³/mol. The first-order valence-electron chi connectivity index (χ1n) is 13.2. The fourth-order valence-corrected chi connectivity index (χ4v) is 4.67. The van der Waals surface area contributed by atoms with Crippen molar-refractivity contribution in [3.8, 4) is 22.8 Å². The number of likely N-dealkylation sites (N-methyl/N-ethyl adjacent to an activating group) is 1. The van der Waals surface area contributed by atoms with E-state index >= 15 is 0 Å². The third-order valence-electron chi connectivity index (χ3n) is 6.91. The number of aromatic nitrogens is 4. The van der Waals surface area contributed by atoms with Crippen LogP contribution in [0.4, 0.5) is 26.4 Å². The van der Waals surface area contributed by atoms with Crippen molar-refractivity contribution in [3.05, 3.63) is 85.1 Å². The molecule has 11 heteroatoms. The van der Waals surface area contributed by atoms with Gasteiger partial charge < -0.3 is 25.2 Å². The molecule has 4 heterocycles. The molecule has 1 fully saturated rings. The number of halogens is 1.